The number of benzene rings is 2. The summed E-state index contributed by atoms with van der Waals surface area (Å²) in [5.74, 6) is 1.39. The number of ether oxygens (including phenoxy) is 1. The molecule has 2 aromatic rings. The molecule has 0 radical (unpaired) electrons. The van der Waals surface area contributed by atoms with Gasteiger partial charge >= 0.3 is 0 Å². The Kier molecular flexibility index (Phi) is 3.82. The van der Waals surface area contributed by atoms with Gasteiger partial charge in [-0.2, -0.15) is 0 Å². The third-order valence-electron chi connectivity index (χ3n) is 2.60. The molecule has 18 heavy (non-hydrogen) atoms. The molecule has 4 nitrogen and oxygen atoms in total. The Morgan fingerprint density at radius 2 is 1.78 bits per heavy atom. The molecule has 1 atom stereocenters. The average molecular weight is 244 g/mol. The lowest BCUT2D eigenvalue weighted by Gasteiger charge is -2.11. The Balaban J connectivity index is 2.16. The van der Waals surface area contributed by atoms with Gasteiger partial charge in [-0.1, -0.05) is 12.1 Å². The molecule has 2 rings (SSSR count). The number of hydrogen-bond donors (Lipinski definition) is 3. The molecule has 0 amide bonds. The second-order valence-electron chi connectivity index (χ2n) is 4.03. The van der Waals surface area contributed by atoms with E-state index in [1.807, 2.05) is 24.3 Å². The molecule has 0 aromatic heterocycles. The van der Waals surface area contributed by atoms with Gasteiger partial charge in [0.15, 0.2) is 0 Å². The average Bonchev–Trinajstić information content (AvgIpc) is 2.41. The van der Waals surface area contributed by atoms with Crippen molar-refractivity contribution in [1.82, 2.24) is 0 Å². The van der Waals surface area contributed by atoms with E-state index in [4.69, 9.17) is 21.3 Å². The smallest absolute Gasteiger partial charge is 0.127 e. The van der Waals surface area contributed by atoms with Crippen LogP contribution in [0.25, 0.3) is 0 Å². The standard InChI is InChI=1S/C14H16N2O2/c15-11-4-6-12(7-5-11)18-13-3-1-2-10(8-13)14(16)9-17/h1-8,14,17H,9,15-16H2. The lowest BCUT2D eigenvalue weighted by molar-refractivity contribution is 0.268. The predicted octanol–water partition coefficient (Wildman–Crippen LogP) is 2.05. The zero-order valence-electron chi connectivity index (χ0n) is 9.91. The van der Waals surface area contributed by atoms with Gasteiger partial charge in [0.05, 0.1) is 12.6 Å². The number of nitrogens with two attached hydrogens (primary N) is 2. The fourth-order valence-corrected chi connectivity index (χ4v) is 1.59. The quantitative estimate of drug-likeness (QED) is 0.719. The molecule has 1 unspecified atom stereocenters. The van der Waals surface area contributed by atoms with Crippen LogP contribution in [-0.4, -0.2) is 11.7 Å². The van der Waals surface area contributed by atoms with Gasteiger partial charge in [0.25, 0.3) is 0 Å². The molecule has 5 N–H and O–H groups in total. The van der Waals surface area contributed by atoms with E-state index in [-0.39, 0.29) is 12.6 Å². The first-order valence-electron chi connectivity index (χ1n) is 5.69. The summed E-state index contributed by atoms with van der Waals surface area (Å²) >= 11 is 0. The minimum absolute atomic E-state index is 0.0919. The minimum Gasteiger partial charge on any atom is -0.457 e. The van der Waals surface area contributed by atoms with Crippen molar-refractivity contribution in [3.8, 4) is 11.5 Å². The van der Waals surface area contributed by atoms with Crippen LogP contribution < -0.4 is 16.2 Å². The van der Waals surface area contributed by atoms with Crippen LogP contribution in [-0.2, 0) is 0 Å². The summed E-state index contributed by atoms with van der Waals surface area (Å²) in [4.78, 5) is 0. The topological polar surface area (TPSA) is 81.5 Å². The van der Waals surface area contributed by atoms with Gasteiger partial charge in [0, 0.05) is 5.69 Å². The van der Waals surface area contributed by atoms with Gasteiger partial charge in [0.2, 0.25) is 0 Å². The zero-order valence-corrected chi connectivity index (χ0v) is 9.91. The van der Waals surface area contributed by atoms with Gasteiger partial charge in [-0.3, -0.25) is 0 Å². The molecule has 0 fully saturated rings. The molecule has 94 valence electrons. The van der Waals surface area contributed by atoms with Gasteiger partial charge < -0.3 is 21.3 Å². The van der Waals surface area contributed by atoms with Crippen LogP contribution in [0, 0.1) is 0 Å². The molecule has 4 heteroatoms. The highest BCUT2D eigenvalue weighted by atomic mass is 16.5. The zero-order chi connectivity index (χ0) is 13.0. The van der Waals surface area contributed by atoms with Crippen molar-refractivity contribution in [2.45, 2.75) is 6.04 Å². The summed E-state index contributed by atoms with van der Waals surface area (Å²) in [5.41, 5.74) is 12.9. The number of aliphatic hydroxyl groups is 1. The molecule has 0 heterocycles. The van der Waals surface area contributed by atoms with Crippen molar-refractivity contribution < 1.29 is 9.84 Å². The second kappa shape index (κ2) is 5.53. The maximum absolute atomic E-state index is 9.02. The van der Waals surface area contributed by atoms with Gasteiger partial charge in [-0.25, -0.2) is 0 Å². The van der Waals surface area contributed by atoms with E-state index >= 15 is 0 Å². The van der Waals surface area contributed by atoms with Gasteiger partial charge in [0.1, 0.15) is 11.5 Å². The van der Waals surface area contributed by atoms with Crippen molar-refractivity contribution in [3.05, 3.63) is 54.1 Å². The summed E-state index contributed by atoms with van der Waals surface area (Å²) in [6.45, 7) is -0.0919. The van der Waals surface area contributed by atoms with E-state index in [0.717, 1.165) is 5.56 Å². The Morgan fingerprint density at radius 3 is 2.44 bits per heavy atom. The van der Waals surface area contributed by atoms with Gasteiger partial charge in [-0.05, 0) is 42.0 Å². The molecule has 0 saturated heterocycles. The molecule has 0 aliphatic carbocycles. The van der Waals surface area contributed by atoms with Crippen LogP contribution in [0.1, 0.15) is 11.6 Å². The third-order valence-corrected chi connectivity index (χ3v) is 2.60. The van der Waals surface area contributed by atoms with E-state index in [1.54, 1.807) is 24.3 Å². The SMILES string of the molecule is Nc1ccc(Oc2cccc(C(N)CO)c2)cc1. The number of anilines is 1. The molecule has 2 aromatic carbocycles. The van der Waals surface area contributed by atoms with E-state index < -0.39 is 0 Å². The summed E-state index contributed by atoms with van der Waals surface area (Å²) in [6, 6.07) is 14.1. The van der Waals surface area contributed by atoms with Gasteiger partial charge in [-0.15, -0.1) is 0 Å². The van der Waals surface area contributed by atoms with Crippen molar-refractivity contribution in [2.24, 2.45) is 5.73 Å². The molecule has 0 aliphatic heterocycles. The lowest BCUT2D eigenvalue weighted by Crippen LogP contribution is -2.14. The molecular formula is C14H16N2O2. The van der Waals surface area contributed by atoms with Crippen LogP contribution in [0.4, 0.5) is 5.69 Å². The van der Waals surface area contributed by atoms with Crippen LogP contribution in [0.5, 0.6) is 11.5 Å². The normalized spacial score (nSPS) is 12.1. The summed E-state index contributed by atoms with van der Waals surface area (Å²) in [6.07, 6.45) is 0. The summed E-state index contributed by atoms with van der Waals surface area (Å²) < 4.78 is 5.68. The highest BCUT2D eigenvalue weighted by Gasteiger charge is 2.05. The molecule has 0 saturated carbocycles. The Morgan fingerprint density at radius 1 is 1.06 bits per heavy atom. The number of aliphatic hydroxyl groups excluding tert-OH is 1. The largest absolute Gasteiger partial charge is 0.457 e. The predicted molar refractivity (Wildman–Crippen MR) is 71.4 cm³/mol. The highest BCUT2D eigenvalue weighted by Crippen LogP contribution is 2.24. The number of nitrogen functional groups attached to an aromatic ring is 1. The van der Waals surface area contributed by atoms with Crippen LogP contribution >= 0.6 is 0 Å². The fourth-order valence-electron chi connectivity index (χ4n) is 1.59. The van der Waals surface area contributed by atoms with E-state index in [0.29, 0.717) is 17.2 Å². The van der Waals surface area contributed by atoms with Crippen LogP contribution in [0.15, 0.2) is 48.5 Å². The van der Waals surface area contributed by atoms with Crippen molar-refractivity contribution in [2.75, 3.05) is 12.3 Å². The van der Waals surface area contributed by atoms with Crippen molar-refractivity contribution in [1.29, 1.82) is 0 Å². The van der Waals surface area contributed by atoms with E-state index in [1.165, 1.54) is 0 Å². The van der Waals surface area contributed by atoms with Crippen molar-refractivity contribution in [3.63, 3.8) is 0 Å². The Hall–Kier alpha value is -2.04. The van der Waals surface area contributed by atoms with E-state index in [2.05, 4.69) is 0 Å². The number of hydrogen-bond acceptors (Lipinski definition) is 4. The maximum Gasteiger partial charge on any atom is 0.127 e. The highest BCUT2D eigenvalue weighted by molar-refractivity contribution is 5.43. The molecule has 0 aliphatic rings. The molecule has 0 bridgehead atoms. The first-order chi connectivity index (χ1) is 8.69. The minimum atomic E-state index is -0.389. The number of rotatable bonds is 4. The van der Waals surface area contributed by atoms with E-state index in [9.17, 15) is 0 Å². The molecular weight excluding hydrogens is 228 g/mol. The maximum atomic E-state index is 9.02. The summed E-state index contributed by atoms with van der Waals surface area (Å²) in [7, 11) is 0. The monoisotopic (exact) mass is 244 g/mol. The van der Waals surface area contributed by atoms with Crippen molar-refractivity contribution >= 4 is 5.69 Å². The second-order valence-corrected chi connectivity index (χ2v) is 4.03. The Bertz CT molecular complexity index is 511. The molecule has 0 spiro atoms. The summed E-state index contributed by atoms with van der Waals surface area (Å²) in [5, 5.41) is 9.02. The third kappa shape index (κ3) is 3.00. The lowest BCUT2D eigenvalue weighted by atomic mass is 10.1. The van der Waals surface area contributed by atoms with Crippen LogP contribution in [0.3, 0.4) is 0 Å². The first kappa shape index (κ1) is 12.4. The van der Waals surface area contributed by atoms with Crippen LogP contribution in [0.2, 0.25) is 0 Å². The first-order valence-corrected chi connectivity index (χ1v) is 5.69. The fraction of sp³-hybridized carbons (Fsp3) is 0.143. The Labute approximate surface area is 106 Å².